The molecule has 1 heterocycles. The molecule has 3 rings (SSSR count). The molecular weight excluding hydrogens is 336 g/mol. The molecule has 1 atom stereocenters. The highest BCUT2D eigenvalue weighted by Crippen LogP contribution is 2.40. The second-order valence-electron chi connectivity index (χ2n) is 6.05. The number of para-hydroxylation sites is 1. The van der Waals surface area contributed by atoms with Gasteiger partial charge in [-0.2, -0.15) is 0 Å². The summed E-state index contributed by atoms with van der Waals surface area (Å²) in [6.07, 6.45) is 0. The van der Waals surface area contributed by atoms with Crippen molar-refractivity contribution in [3.8, 4) is 11.5 Å². The van der Waals surface area contributed by atoms with Crippen molar-refractivity contribution in [3.63, 3.8) is 0 Å². The third-order valence-electron chi connectivity index (χ3n) is 4.52. The van der Waals surface area contributed by atoms with Crippen LogP contribution >= 0.6 is 11.6 Å². The first-order chi connectivity index (χ1) is 12.2. The molecule has 0 aliphatic carbocycles. The van der Waals surface area contributed by atoms with Gasteiger partial charge in [-0.15, -0.1) is 0 Å². The summed E-state index contributed by atoms with van der Waals surface area (Å²) >= 11 is 6.33. The van der Waals surface area contributed by atoms with Gasteiger partial charge in [0.15, 0.2) is 0 Å². The second-order valence-corrected chi connectivity index (χ2v) is 6.48. The fraction of sp³-hybridized carbons (Fsp3) is 0.400. The Labute approximate surface area is 154 Å². The van der Waals surface area contributed by atoms with Gasteiger partial charge in [-0.3, -0.25) is 4.90 Å². The minimum atomic E-state index is 0.0403. The van der Waals surface area contributed by atoms with Gasteiger partial charge in [-0.25, -0.2) is 0 Å². The SMILES string of the molecule is CCOc1ccccc1C(c1cc(Cl)ccc1OC)N1CCNCC1. The van der Waals surface area contributed by atoms with Gasteiger partial charge in [0.2, 0.25) is 0 Å². The van der Waals surface area contributed by atoms with Gasteiger partial charge in [-0.1, -0.05) is 29.8 Å². The van der Waals surface area contributed by atoms with E-state index in [0.717, 1.165) is 48.8 Å². The van der Waals surface area contributed by atoms with Crippen LogP contribution in [0.3, 0.4) is 0 Å². The number of benzene rings is 2. The van der Waals surface area contributed by atoms with Gasteiger partial charge in [0.05, 0.1) is 19.8 Å². The predicted octanol–water partition coefficient (Wildman–Crippen LogP) is 3.74. The van der Waals surface area contributed by atoms with Crippen LogP contribution in [0.1, 0.15) is 24.1 Å². The Balaban J connectivity index is 2.12. The average Bonchev–Trinajstić information content (AvgIpc) is 2.65. The van der Waals surface area contributed by atoms with Crippen molar-refractivity contribution >= 4 is 11.6 Å². The molecule has 0 bridgehead atoms. The third-order valence-corrected chi connectivity index (χ3v) is 4.75. The minimum Gasteiger partial charge on any atom is -0.496 e. The zero-order valence-corrected chi connectivity index (χ0v) is 15.6. The molecule has 1 unspecified atom stereocenters. The lowest BCUT2D eigenvalue weighted by atomic mass is 9.94. The zero-order valence-electron chi connectivity index (χ0n) is 14.8. The van der Waals surface area contributed by atoms with Crippen LogP contribution in [0, 0.1) is 0 Å². The zero-order chi connectivity index (χ0) is 17.6. The molecule has 134 valence electrons. The normalized spacial score (nSPS) is 16.4. The maximum atomic E-state index is 6.33. The van der Waals surface area contributed by atoms with Crippen molar-refractivity contribution in [2.45, 2.75) is 13.0 Å². The molecule has 1 aliphatic rings. The number of halogens is 1. The van der Waals surface area contributed by atoms with Gasteiger partial charge in [0.1, 0.15) is 11.5 Å². The number of ether oxygens (including phenoxy) is 2. The van der Waals surface area contributed by atoms with E-state index in [0.29, 0.717) is 11.6 Å². The number of methoxy groups -OCH3 is 1. The van der Waals surface area contributed by atoms with E-state index in [1.807, 2.05) is 37.3 Å². The Bertz CT molecular complexity index is 702. The highest BCUT2D eigenvalue weighted by Gasteiger charge is 2.29. The lowest BCUT2D eigenvalue weighted by molar-refractivity contribution is 0.191. The van der Waals surface area contributed by atoms with E-state index in [1.165, 1.54) is 0 Å². The van der Waals surface area contributed by atoms with Crippen LogP contribution < -0.4 is 14.8 Å². The van der Waals surface area contributed by atoms with Crippen LogP contribution in [0.15, 0.2) is 42.5 Å². The van der Waals surface area contributed by atoms with Crippen LogP contribution in [0.2, 0.25) is 5.02 Å². The molecule has 1 fully saturated rings. The Morgan fingerprint density at radius 2 is 1.84 bits per heavy atom. The van der Waals surface area contributed by atoms with E-state index >= 15 is 0 Å². The molecule has 5 heteroatoms. The summed E-state index contributed by atoms with van der Waals surface area (Å²) in [6.45, 7) is 6.50. The topological polar surface area (TPSA) is 33.7 Å². The fourth-order valence-corrected chi connectivity index (χ4v) is 3.59. The summed E-state index contributed by atoms with van der Waals surface area (Å²) < 4.78 is 11.6. The molecule has 2 aromatic carbocycles. The molecule has 4 nitrogen and oxygen atoms in total. The van der Waals surface area contributed by atoms with E-state index in [2.05, 4.69) is 22.3 Å². The monoisotopic (exact) mass is 360 g/mol. The van der Waals surface area contributed by atoms with E-state index < -0.39 is 0 Å². The average molecular weight is 361 g/mol. The molecule has 0 radical (unpaired) electrons. The Hall–Kier alpha value is -1.75. The van der Waals surface area contributed by atoms with Crippen molar-refractivity contribution in [3.05, 3.63) is 58.6 Å². The Morgan fingerprint density at radius 1 is 1.08 bits per heavy atom. The summed E-state index contributed by atoms with van der Waals surface area (Å²) in [7, 11) is 1.70. The Morgan fingerprint density at radius 3 is 2.56 bits per heavy atom. The molecule has 1 aliphatic heterocycles. The fourth-order valence-electron chi connectivity index (χ4n) is 3.41. The number of rotatable bonds is 6. The Kier molecular flexibility index (Phi) is 6.19. The van der Waals surface area contributed by atoms with Gasteiger partial charge in [0, 0.05) is 42.3 Å². The molecule has 0 saturated carbocycles. The number of nitrogens with zero attached hydrogens (tertiary/aromatic N) is 1. The largest absolute Gasteiger partial charge is 0.496 e. The summed E-state index contributed by atoms with van der Waals surface area (Å²) in [5.74, 6) is 1.76. The molecule has 0 aromatic heterocycles. The first kappa shape index (κ1) is 18.1. The van der Waals surface area contributed by atoms with Crippen molar-refractivity contribution in [1.82, 2.24) is 10.2 Å². The van der Waals surface area contributed by atoms with Gasteiger partial charge >= 0.3 is 0 Å². The summed E-state index contributed by atoms with van der Waals surface area (Å²) in [5.41, 5.74) is 2.22. The standard InChI is InChI=1S/C20H25ClN2O2/c1-3-25-19-7-5-4-6-16(19)20(23-12-10-22-11-13-23)17-14-15(21)8-9-18(17)24-2/h4-9,14,20,22H,3,10-13H2,1-2H3. The first-order valence-corrected chi connectivity index (χ1v) is 9.12. The van der Waals surface area contributed by atoms with E-state index in [9.17, 15) is 0 Å². The molecule has 2 aromatic rings. The lowest BCUT2D eigenvalue weighted by Gasteiger charge is -2.36. The van der Waals surface area contributed by atoms with Crippen LogP contribution in [-0.4, -0.2) is 44.8 Å². The molecule has 1 N–H and O–H groups in total. The van der Waals surface area contributed by atoms with Gasteiger partial charge in [0.25, 0.3) is 0 Å². The number of piperazine rings is 1. The van der Waals surface area contributed by atoms with Crippen molar-refractivity contribution in [1.29, 1.82) is 0 Å². The lowest BCUT2D eigenvalue weighted by Crippen LogP contribution is -2.45. The van der Waals surface area contributed by atoms with Gasteiger partial charge < -0.3 is 14.8 Å². The second kappa shape index (κ2) is 8.56. The maximum Gasteiger partial charge on any atom is 0.124 e. The first-order valence-electron chi connectivity index (χ1n) is 8.74. The molecule has 0 amide bonds. The van der Waals surface area contributed by atoms with Crippen molar-refractivity contribution in [2.75, 3.05) is 39.9 Å². The van der Waals surface area contributed by atoms with Crippen molar-refractivity contribution < 1.29 is 9.47 Å². The predicted molar refractivity (Wildman–Crippen MR) is 102 cm³/mol. The third kappa shape index (κ3) is 4.09. The molecule has 25 heavy (non-hydrogen) atoms. The molecule has 0 spiro atoms. The van der Waals surface area contributed by atoms with Crippen LogP contribution in [0.25, 0.3) is 0 Å². The number of hydrogen-bond donors (Lipinski definition) is 1. The highest BCUT2D eigenvalue weighted by molar-refractivity contribution is 6.30. The van der Waals surface area contributed by atoms with Crippen LogP contribution in [-0.2, 0) is 0 Å². The smallest absolute Gasteiger partial charge is 0.124 e. The molecular formula is C20H25ClN2O2. The highest BCUT2D eigenvalue weighted by atomic mass is 35.5. The van der Waals surface area contributed by atoms with Crippen LogP contribution in [0.4, 0.5) is 0 Å². The quantitative estimate of drug-likeness (QED) is 0.850. The summed E-state index contributed by atoms with van der Waals surface area (Å²) in [5, 5.41) is 4.13. The number of hydrogen-bond acceptors (Lipinski definition) is 4. The van der Waals surface area contributed by atoms with E-state index in [1.54, 1.807) is 7.11 Å². The van der Waals surface area contributed by atoms with Crippen LogP contribution in [0.5, 0.6) is 11.5 Å². The number of nitrogens with one attached hydrogen (secondary N) is 1. The molecule has 1 saturated heterocycles. The minimum absolute atomic E-state index is 0.0403. The summed E-state index contributed by atoms with van der Waals surface area (Å²) in [4.78, 5) is 2.46. The van der Waals surface area contributed by atoms with Gasteiger partial charge in [-0.05, 0) is 31.2 Å². The van der Waals surface area contributed by atoms with Crippen molar-refractivity contribution in [2.24, 2.45) is 0 Å². The van der Waals surface area contributed by atoms with E-state index in [-0.39, 0.29) is 6.04 Å². The summed E-state index contributed by atoms with van der Waals surface area (Å²) in [6, 6.07) is 14.1. The maximum absolute atomic E-state index is 6.33. The van der Waals surface area contributed by atoms with E-state index in [4.69, 9.17) is 21.1 Å².